The van der Waals surface area contributed by atoms with Crippen LogP contribution >= 0.6 is 46.3 Å². The number of hydrogen-bond acceptors (Lipinski definition) is 5. The molecule has 0 N–H and O–H groups in total. The zero-order valence-electron chi connectivity index (χ0n) is 11.3. The number of halogens is 2. The van der Waals surface area contributed by atoms with Crippen LogP contribution in [0.25, 0.3) is 0 Å². The average Bonchev–Trinajstić information content (AvgIpc) is 3.13. The monoisotopic (exact) mass is 361 g/mol. The van der Waals surface area contributed by atoms with Crippen LogP contribution in [-0.4, -0.2) is 26.3 Å². The minimum atomic E-state index is -0.0354. The third kappa shape index (κ3) is 3.28. The van der Waals surface area contributed by atoms with E-state index in [1.807, 2.05) is 0 Å². The largest absolute Gasteiger partial charge is 0.306 e. The van der Waals surface area contributed by atoms with E-state index in [1.165, 1.54) is 35.9 Å². The number of thiophene rings is 1. The summed E-state index contributed by atoms with van der Waals surface area (Å²) < 4.78 is 3.07. The Labute approximate surface area is 140 Å². The summed E-state index contributed by atoms with van der Waals surface area (Å²) in [6, 6.07) is 1.62. The molecule has 0 aromatic carbocycles. The summed E-state index contributed by atoms with van der Waals surface area (Å²) in [5.74, 6) is 1.85. The highest BCUT2D eigenvalue weighted by atomic mass is 35.5. The lowest BCUT2D eigenvalue weighted by Crippen LogP contribution is -2.05. The maximum absolute atomic E-state index is 12.2. The van der Waals surface area contributed by atoms with Gasteiger partial charge in [0, 0.05) is 18.0 Å². The van der Waals surface area contributed by atoms with Crippen LogP contribution in [0, 0.1) is 0 Å². The molecule has 8 heteroatoms. The molecular weight excluding hydrogens is 349 g/mol. The third-order valence-electron chi connectivity index (χ3n) is 3.29. The second kappa shape index (κ2) is 6.28. The van der Waals surface area contributed by atoms with Crippen LogP contribution < -0.4 is 0 Å². The van der Waals surface area contributed by atoms with Crippen molar-refractivity contribution in [2.45, 2.75) is 37.4 Å². The molecule has 1 saturated carbocycles. The van der Waals surface area contributed by atoms with Crippen molar-refractivity contribution in [3.8, 4) is 0 Å². The van der Waals surface area contributed by atoms with E-state index < -0.39 is 0 Å². The Morgan fingerprint density at radius 3 is 2.81 bits per heavy atom. The van der Waals surface area contributed by atoms with Crippen molar-refractivity contribution in [1.82, 2.24) is 14.8 Å². The van der Waals surface area contributed by atoms with E-state index in [4.69, 9.17) is 23.2 Å². The molecule has 2 aromatic rings. The maximum Gasteiger partial charge on any atom is 0.191 e. The number of carbonyl (C=O) groups is 1. The Balaban J connectivity index is 1.70. The zero-order valence-corrected chi connectivity index (χ0v) is 14.5. The fraction of sp³-hybridized carbons (Fsp3) is 0.462. The van der Waals surface area contributed by atoms with Gasteiger partial charge < -0.3 is 4.57 Å². The van der Waals surface area contributed by atoms with Gasteiger partial charge in [-0.3, -0.25) is 4.79 Å². The van der Waals surface area contributed by atoms with E-state index >= 15 is 0 Å². The first kappa shape index (κ1) is 15.3. The number of thioether (sulfide) groups is 1. The molecule has 2 heterocycles. The number of Topliss-reactive ketones (excluding diaryl/α,β-unsaturated/α-hetero) is 1. The van der Waals surface area contributed by atoms with Crippen LogP contribution in [0.3, 0.4) is 0 Å². The quantitative estimate of drug-likeness (QED) is 0.560. The third-order valence-corrected chi connectivity index (χ3v) is 5.75. The minimum absolute atomic E-state index is 0.0354. The molecule has 2 aromatic heterocycles. The highest BCUT2D eigenvalue weighted by molar-refractivity contribution is 7.99. The van der Waals surface area contributed by atoms with Gasteiger partial charge >= 0.3 is 0 Å². The van der Waals surface area contributed by atoms with Crippen molar-refractivity contribution >= 4 is 52.1 Å². The summed E-state index contributed by atoms with van der Waals surface area (Å²) in [4.78, 5) is 12.2. The number of aromatic nitrogens is 3. The first-order valence-electron chi connectivity index (χ1n) is 6.64. The summed E-state index contributed by atoms with van der Waals surface area (Å²) >= 11 is 14.5. The first-order chi connectivity index (χ1) is 10.1. The Morgan fingerprint density at radius 1 is 1.48 bits per heavy atom. The van der Waals surface area contributed by atoms with Crippen molar-refractivity contribution in [3.05, 3.63) is 26.1 Å². The molecule has 0 unspecified atom stereocenters. The van der Waals surface area contributed by atoms with Crippen molar-refractivity contribution in [1.29, 1.82) is 0 Å². The van der Waals surface area contributed by atoms with Gasteiger partial charge in [-0.2, -0.15) is 0 Å². The predicted octanol–water partition coefficient (Wildman–Crippen LogP) is 4.52. The summed E-state index contributed by atoms with van der Waals surface area (Å²) in [5.41, 5.74) is 0.490. The topological polar surface area (TPSA) is 47.8 Å². The molecule has 1 aliphatic rings. The van der Waals surface area contributed by atoms with E-state index in [0.717, 1.165) is 17.5 Å². The van der Waals surface area contributed by atoms with Crippen LogP contribution in [0.5, 0.6) is 0 Å². The maximum atomic E-state index is 12.2. The van der Waals surface area contributed by atoms with E-state index in [0.29, 0.717) is 20.2 Å². The van der Waals surface area contributed by atoms with Gasteiger partial charge in [0.15, 0.2) is 10.9 Å². The Morgan fingerprint density at radius 2 is 2.24 bits per heavy atom. The van der Waals surface area contributed by atoms with Crippen molar-refractivity contribution in [2.75, 3.05) is 5.75 Å². The lowest BCUT2D eigenvalue weighted by Gasteiger charge is -2.05. The second-order valence-electron chi connectivity index (χ2n) is 4.81. The van der Waals surface area contributed by atoms with Crippen molar-refractivity contribution < 1.29 is 4.79 Å². The number of nitrogens with zero attached hydrogens (tertiary/aromatic N) is 3. The molecule has 0 bridgehead atoms. The summed E-state index contributed by atoms with van der Waals surface area (Å²) in [7, 11) is 0. The smallest absolute Gasteiger partial charge is 0.191 e. The van der Waals surface area contributed by atoms with Crippen molar-refractivity contribution in [2.24, 2.45) is 0 Å². The van der Waals surface area contributed by atoms with Gasteiger partial charge in [-0.15, -0.1) is 21.5 Å². The lowest BCUT2D eigenvalue weighted by atomic mass is 10.2. The molecule has 1 fully saturated rings. The van der Waals surface area contributed by atoms with E-state index in [1.54, 1.807) is 6.07 Å². The van der Waals surface area contributed by atoms with Crippen LogP contribution in [0.1, 0.15) is 41.9 Å². The molecule has 3 rings (SSSR count). The predicted molar refractivity (Wildman–Crippen MR) is 87.1 cm³/mol. The minimum Gasteiger partial charge on any atom is -0.306 e. The molecule has 1 aliphatic carbocycles. The van der Waals surface area contributed by atoms with Crippen LogP contribution in [0.2, 0.25) is 8.67 Å². The Kier molecular flexibility index (Phi) is 4.59. The molecule has 0 aliphatic heterocycles. The molecule has 0 atom stereocenters. The fourth-order valence-corrected chi connectivity index (χ4v) is 4.48. The zero-order chi connectivity index (χ0) is 15.0. The van der Waals surface area contributed by atoms with Gasteiger partial charge in [-0.1, -0.05) is 35.0 Å². The number of rotatable bonds is 6. The second-order valence-corrected chi connectivity index (χ2v) is 8.04. The average molecular weight is 362 g/mol. The molecule has 0 amide bonds. The molecule has 0 saturated heterocycles. The molecule has 0 radical (unpaired) electrons. The summed E-state index contributed by atoms with van der Waals surface area (Å²) in [5, 5.41) is 9.26. The molecular formula is C13H13Cl2N3OS2. The van der Waals surface area contributed by atoms with Gasteiger partial charge in [0.05, 0.1) is 10.1 Å². The van der Waals surface area contributed by atoms with Crippen LogP contribution in [0.15, 0.2) is 11.2 Å². The van der Waals surface area contributed by atoms with Gasteiger partial charge in [-0.25, -0.2) is 0 Å². The van der Waals surface area contributed by atoms with Gasteiger partial charge in [0.2, 0.25) is 0 Å². The normalized spacial score (nSPS) is 14.6. The SMILES string of the molecule is CCn1c(SCC(=O)c2cc(Cl)sc2Cl)nnc1C1CC1. The Hall–Kier alpha value is -0.560. The van der Waals surface area contributed by atoms with Gasteiger partial charge in [-0.05, 0) is 25.8 Å². The van der Waals surface area contributed by atoms with Crippen molar-refractivity contribution in [3.63, 3.8) is 0 Å². The van der Waals surface area contributed by atoms with E-state index in [-0.39, 0.29) is 11.5 Å². The molecule has 21 heavy (non-hydrogen) atoms. The fourth-order valence-electron chi connectivity index (χ4n) is 2.09. The standard InChI is InChI=1S/C13H13Cl2N3OS2/c1-2-18-12(7-3-4-7)16-17-13(18)20-6-9(19)8-5-10(14)21-11(8)15/h5,7H,2-4,6H2,1H3. The number of ketones is 1. The molecule has 4 nitrogen and oxygen atoms in total. The highest BCUT2D eigenvalue weighted by Gasteiger charge is 2.30. The number of hydrogen-bond donors (Lipinski definition) is 0. The number of carbonyl (C=O) groups excluding carboxylic acids is 1. The summed E-state index contributed by atoms with van der Waals surface area (Å²) in [6.07, 6.45) is 2.37. The van der Waals surface area contributed by atoms with Crippen LogP contribution in [-0.2, 0) is 6.54 Å². The molecule has 112 valence electrons. The Bertz CT molecular complexity index is 679. The summed E-state index contributed by atoms with van der Waals surface area (Å²) in [6.45, 7) is 2.89. The highest BCUT2D eigenvalue weighted by Crippen LogP contribution is 2.40. The van der Waals surface area contributed by atoms with Gasteiger partial charge in [0.25, 0.3) is 0 Å². The van der Waals surface area contributed by atoms with Crippen LogP contribution in [0.4, 0.5) is 0 Å². The van der Waals surface area contributed by atoms with E-state index in [9.17, 15) is 4.79 Å². The lowest BCUT2D eigenvalue weighted by molar-refractivity contribution is 0.102. The van der Waals surface area contributed by atoms with E-state index in [2.05, 4.69) is 21.7 Å². The molecule has 0 spiro atoms. The first-order valence-corrected chi connectivity index (χ1v) is 9.19. The van der Waals surface area contributed by atoms with Gasteiger partial charge in [0.1, 0.15) is 10.2 Å².